The quantitative estimate of drug-likeness (QED) is 0.829. The highest BCUT2D eigenvalue weighted by Crippen LogP contribution is 2.14. The summed E-state index contributed by atoms with van der Waals surface area (Å²) in [4.78, 5) is 2.44. The second-order valence-electron chi connectivity index (χ2n) is 5.61. The third kappa shape index (κ3) is 4.45. The van der Waals surface area contributed by atoms with E-state index in [1.54, 1.807) is 0 Å². The van der Waals surface area contributed by atoms with E-state index in [4.69, 9.17) is 9.47 Å². The van der Waals surface area contributed by atoms with Crippen LogP contribution in [0.15, 0.2) is 54.3 Å². The summed E-state index contributed by atoms with van der Waals surface area (Å²) >= 11 is 0. The van der Waals surface area contributed by atoms with Crippen molar-refractivity contribution in [3.8, 4) is 0 Å². The highest BCUT2D eigenvalue weighted by atomic mass is 16.5. The van der Waals surface area contributed by atoms with Crippen LogP contribution in [0.1, 0.15) is 18.4 Å². The first-order valence-electron chi connectivity index (χ1n) is 7.77. The normalized spacial score (nSPS) is 22.9. The van der Waals surface area contributed by atoms with Gasteiger partial charge in [-0.1, -0.05) is 36.4 Å². The van der Waals surface area contributed by atoms with Crippen molar-refractivity contribution in [3.05, 3.63) is 59.9 Å². The Balaban J connectivity index is 1.47. The molecule has 3 nitrogen and oxygen atoms in total. The fraction of sp³-hybridized carbons (Fsp3) is 0.444. The lowest BCUT2D eigenvalue weighted by Crippen LogP contribution is -2.43. The van der Waals surface area contributed by atoms with Crippen LogP contribution in [0.4, 0.5) is 0 Å². The Bertz CT molecular complexity index is 495. The molecule has 0 amide bonds. The van der Waals surface area contributed by atoms with Crippen molar-refractivity contribution in [2.45, 2.75) is 25.5 Å². The molecule has 0 aromatic heterocycles. The number of allylic oxidation sites excluding steroid dienone is 3. The largest absolute Gasteiger partial charge is 0.491 e. The number of hydrogen-bond acceptors (Lipinski definition) is 3. The second kappa shape index (κ2) is 7.43. The van der Waals surface area contributed by atoms with E-state index in [0.717, 1.165) is 44.8 Å². The van der Waals surface area contributed by atoms with Crippen molar-refractivity contribution < 1.29 is 9.47 Å². The van der Waals surface area contributed by atoms with E-state index in [1.165, 1.54) is 5.56 Å². The summed E-state index contributed by atoms with van der Waals surface area (Å²) in [5.74, 6) is 0.991. The van der Waals surface area contributed by atoms with Crippen LogP contribution in [0.3, 0.4) is 0 Å². The zero-order chi connectivity index (χ0) is 14.3. The van der Waals surface area contributed by atoms with Gasteiger partial charge in [0.25, 0.3) is 0 Å². The van der Waals surface area contributed by atoms with E-state index in [1.807, 2.05) is 0 Å². The standard InChI is InChI=1S/C18H23NO2/c1-3-7-16(8-4-1)13-19-11-12-20-18(14-19)15-21-17-9-5-2-6-10-17/h1,3-5,7-10,18H,2,6,11-15H2. The number of benzene rings is 1. The molecule has 21 heavy (non-hydrogen) atoms. The minimum atomic E-state index is 0.165. The van der Waals surface area contributed by atoms with Gasteiger partial charge in [0.15, 0.2) is 0 Å². The van der Waals surface area contributed by atoms with Crippen LogP contribution in [-0.4, -0.2) is 37.3 Å². The van der Waals surface area contributed by atoms with Gasteiger partial charge in [0.1, 0.15) is 18.5 Å². The molecule has 1 unspecified atom stereocenters. The molecular weight excluding hydrogens is 262 g/mol. The fourth-order valence-electron chi connectivity index (χ4n) is 2.75. The monoisotopic (exact) mass is 285 g/mol. The van der Waals surface area contributed by atoms with Gasteiger partial charge in [0.2, 0.25) is 0 Å². The van der Waals surface area contributed by atoms with Gasteiger partial charge in [-0.15, -0.1) is 0 Å². The smallest absolute Gasteiger partial charge is 0.116 e. The molecule has 1 fully saturated rings. The lowest BCUT2D eigenvalue weighted by Gasteiger charge is -2.33. The van der Waals surface area contributed by atoms with Gasteiger partial charge < -0.3 is 9.47 Å². The summed E-state index contributed by atoms with van der Waals surface area (Å²) in [5.41, 5.74) is 1.36. The molecule has 1 atom stereocenters. The SMILES string of the molecule is C1=CC(OCC2CN(Cc3ccccc3)CCO2)=CCC1. The van der Waals surface area contributed by atoms with Gasteiger partial charge in [-0.05, 0) is 30.6 Å². The molecule has 1 aromatic carbocycles. The van der Waals surface area contributed by atoms with Crippen LogP contribution in [0.5, 0.6) is 0 Å². The van der Waals surface area contributed by atoms with Crippen molar-refractivity contribution in [2.75, 3.05) is 26.3 Å². The van der Waals surface area contributed by atoms with Crippen LogP contribution >= 0.6 is 0 Å². The average Bonchev–Trinajstić information content (AvgIpc) is 2.55. The molecule has 0 N–H and O–H groups in total. The first-order chi connectivity index (χ1) is 10.4. The maximum Gasteiger partial charge on any atom is 0.116 e. The molecule has 0 saturated carbocycles. The van der Waals surface area contributed by atoms with E-state index < -0.39 is 0 Å². The summed E-state index contributed by atoms with van der Waals surface area (Å²) in [6.07, 6.45) is 8.76. The summed E-state index contributed by atoms with van der Waals surface area (Å²) in [6.45, 7) is 4.35. The van der Waals surface area contributed by atoms with Gasteiger partial charge in [-0.2, -0.15) is 0 Å². The predicted octanol–water partition coefficient (Wildman–Crippen LogP) is 3.14. The molecule has 0 radical (unpaired) electrons. The van der Waals surface area contributed by atoms with Gasteiger partial charge in [-0.25, -0.2) is 0 Å². The second-order valence-corrected chi connectivity index (χ2v) is 5.61. The third-order valence-corrected chi connectivity index (χ3v) is 3.87. The number of morpholine rings is 1. The molecule has 1 saturated heterocycles. The number of ether oxygens (including phenoxy) is 2. The van der Waals surface area contributed by atoms with E-state index in [9.17, 15) is 0 Å². The van der Waals surface area contributed by atoms with Crippen molar-refractivity contribution in [1.82, 2.24) is 4.90 Å². The first-order valence-corrected chi connectivity index (χ1v) is 7.77. The van der Waals surface area contributed by atoms with Gasteiger partial charge in [-0.3, -0.25) is 4.90 Å². The maximum absolute atomic E-state index is 5.84. The molecule has 0 bridgehead atoms. The zero-order valence-electron chi connectivity index (χ0n) is 12.4. The summed E-state index contributed by atoms with van der Waals surface area (Å²) < 4.78 is 11.7. The molecule has 1 aliphatic heterocycles. The zero-order valence-corrected chi connectivity index (χ0v) is 12.4. The maximum atomic E-state index is 5.84. The molecule has 3 heteroatoms. The Kier molecular flexibility index (Phi) is 5.08. The van der Waals surface area contributed by atoms with Crippen LogP contribution in [0.2, 0.25) is 0 Å². The van der Waals surface area contributed by atoms with E-state index >= 15 is 0 Å². The minimum absolute atomic E-state index is 0.165. The minimum Gasteiger partial charge on any atom is -0.491 e. The lowest BCUT2D eigenvalue weighted by molar-refractivity contribution is -0.0598. The van der Waals surface area contributed by atoms with E-state index in [2.05, 4.69) is 53.5 Å². The molecule has 3 rings (SSSR count). The third-order valence-electron chi connectivity index (χ3n) is 3.87. The van der Waals surface area contributed by atoms with Crippen molar-refractivity contribution in [2.24, 2.45) is 0 Å². The summed E-state index contributed by atoms with van der Waals surface area (Å²) in [5, 5.41) is 0. The van der Waals surface area contributed by atoms with Crippen LogP contribution in [-0.2, 0) is 16.0 Å². The Hall–Kier alpha value is -1.58. The molecule has 0 spiro atoms. The molecule has 1 heterocycles. The van der Waals surface area contributed by atoms with Crippen molar-refractivity contribution in [3.63, 3.8) is 0 Å². The van der Waals surface area contributed by atoms with Crippen LogP contribution in [0.25, 0.3) is 0 Å². The molecule has 1 aliphatic carbocycles. The highest BCUT2D eigenvalue weighted by Gasteiger charge is 2.21. The van der Waals surface area contributed by atoms with Gasteiger partial charge in [0.05, 0.1) is 6.61 Å². The number of hydrogen-bond donors (Lipinski definition) is 0. The Morgan fingerprint density at radius 2 is 2.10 bits per heavy atom. The van der Waals surface area contributed by atoms with E-state index in [0.29, 0.717) is 6.61 Å². The number of rotatable bonds is 5. The molecule has 1 aromatic rings. The predicted molar refractivity (Wildman–Crippen MR) is 83.9 cm³/mol. The lowest BCUT2D eigenvalue weighted by atomic mass is 10.2. The van der Waals surface area contributed by atoms with Crippen molar-refractivity contribution >= 4 is 0 Å². The Morgan fingerprint density at radius 1 is 1.19 bits per heavy atom. The summed E-state index contributed by atoms with van der Waals surface area (Å²) in [6, 6.07) is 10.6. The molecular formula is C18H23NO2. The van der Waals surface area contributed by atoms with E-state index in [-0.39, 0.29) is 6.10 Å². The van der Waals surface area contributed by atoms with Gasteiger partial charge >= 0.3 is 0 Å². The Labute approximate surface area is 126 Å². The first kappa shape index (κ1) is 14.4. The highest BCUT2D eigenvalue weighted by molar-refractivity contribution is 5.16. The van der Waals surface area contributed by atoms with Crippen LogP contribution < -0.4 is 0 Å². The topological polar surface area (TPSA) is 21.7 Å². The van der Waals surface area contributed by atoms with Crippen LogP contribution in [0, 0.1) is 0 Å². The average molecular weight is 285 g/mol. The molecule has 112 valence electrons. The Morgan fingerprint density at radius 3 is 2.90 bits per heavy atom. The summed E-state index contributed by atoms with van der Waals surface area (Å²) in [7, 11) is 0. The number of nitrogens with zero attached hydrogens (tertiary/aromatic N) is 1. The fourth-order valence-corrected chi connectivity index (χ4v) is 2.75. The van der Waals surface area contributed by atoms with Crippen molar-refractivity contribution in [1.29, 1.82) is 0 Å². The molecule has 2 aliphatic rings. The van der Waals surface area contributed by atoms with Gasteiger partial charge in [0, 0.05) is 19.6 Å².